The summed E-state index contributed by atoms with van der Waals surface area (Å²) in [5.41, 5.74) is 3.24. The second kappa shape index (κ2) is 8.80. The summed E-state index contributed by atoms with van der Waals surface area (Å²) in [7, 11) is -3.84. The van der Waals surface area contributed by atoms with Crippen LogP contribution in [0.15, 0.2) is 70.7 Å². The number of nitrogens with zero attached hydrogens (tertiary/aromatic N) is 3. The van der Waals surface area contributed by atoms with Gasteiger partial charge in [0.1, 0.15) is 5.69 Å². The summed E-state index contributed by atoms with van der Waals surface area (Å²) in [5.74, 6) is 0. The lowest BCUT2D eigenvalue weighted by atomic mass is 10.1. The summed E-state index contributed by atoms with van der Waals surface area (Å²) in [6.45, 7) is 1.02. The molecule has 1 aliphatic heterocycles. The molecule has 0 bridgehead atoms. The van der Waals surface area contributed by atoms with E-state index in [0.29, 0.717) is 13.2 Å². The summed E-state index contributed by atoms with van der Waals surface area (Å²) in [6.07, 6.45) is 1.57. The van der Waals surface area contributed by atoms with E-state index in [1.165, 1.54) is 16.4 Å². The molecule has 1 aliphatic rings. The first kappa shape index (κ1) is 20.9. The van der Waals surface area contributed by atoms with E-state index in [4.69, 9.17) is 4.74 Å². The SMILES string of the molecule is O=[N+]([O-])c1cc(S(=O)(=O)N2CCOCC2)ccc1N/N=C\c1cccc2ccccc12. The number of hydrazone groups is 1. The van der Waals surface area contributed by atoms with Crippen molar-refractivity contribution >= 4 is 38.4 Å². The maximum absolute atomic E-state index is 12.8. The number of benzene rings is 3. The van der Waals surface area contributed by atoms with Gasteiger partial charge >= 0.3 is 0 Å². The first-order valence-corrected chi connectivity index (χ1v) is 11.0. The molecule has 1 saturated heterocycles. The molecule has 3 aromatic rings. The molecular formula is C21H20N4O5S. The third-order valence-corrected chi connectivity index (χ3v) is 6.88. The number of nitro groups is 1. The van der Waals surface area contributed by atoms with Crippen LogP contribution in [0, 0.1) is 10.1 Å². The van der Waals surface area contributed by atoms with E-state index in [2.05, 4.69) is 10.5 Å². The summed E-state index contributed by atoms with van der Waals surface area (Å²) < 4.78 is 32.0. The molecule has 1 fully saturated rings. The van der Waals surface area contributed by atoms with Crippen molar-refractivity contribution in [2.24, 2.45) is 5.10 Å². The van der Waals surface area contributed by atoms with Gasteiger partial charge in [-0.15, -0.1) is 0 Å². The minimum absolute atomic E-state index is 0.0995. The quantitative estimate of drug-likeness (QED) is 0.358. The third kappa shape index (κ3) is 4.41. The smallest absolute Gasteiger partial charge is 0.295 e. The summed E-state index contributed by atoms with van der Waals surface area (Å²) >= 11 is 0. The molecule has 0 aliphatic carbocycles. The third-order valence-electron chi connectivity index (χ3n) is 4.99. The first-order valence-electron chi connectivity index (χ1n) is 9.60. The fourth-order valence-corrected chi connectivity index (χ4v) is 4.82. The van der Waals surface area contributed by atoms with Crippen LogP contribution in [-0.4, -0.2) is 50.2 Å². The normalized spacial score (nSPS) is 15.4. The highest BCUT2D eigenvalue weighted by Gasteiger charge is 2.28. The predicted octanol–water partition coefficient (Wildman–Crippen LogP) is 3.21. The van der Waals surface area contributed by atoms with Crippen molar-refractivity contribution in [2.75, 3.05) is 31.7 Å². The molecule has 0 radical (unpaired) electrons. The predicted molar refractivity (Wildman–Crippen MR) is 118 cm³/mol. The van der Waals surface area contributed by atoms with Crippen molar-refractivity contribution in [3.63, 3.8) is 0 Å². The topological polar surface area (TPSA) is 114 Å². The van der Waals surface area contributed by atoms with Crippen LogP contribution in [0.1, 0.15) is 5.56 Å². The second-order valence-corrected chi connectivity index (χ2v) is 8.83. The van der Waals surface area contributed by atoms with Crippen molar-refractivity contribution in [2.45, 2.75) is 4.90 Å². The molecule has 31 heavy (non-hydrogen) atoms. The number of morpholine rings is 1. The van der Waals surface area contributed by atoms with Crippen LogP contribution in [0.3, 0.4) is 0 Å². The number of nitrogens with one attached hydrogen (secondary N) is 1. The number of nitro benzene ring substituents is 1. The van der Waals surface area contributed by atoms with Crippen molar-refractivity contribution in [3.05, 3.63) is 76.3 Å². The van der Waals surface area contributed by atoms with Crippen molar-refractivity contribution < 1.29 is 18.1 Å². The van der Waals surface area contributed by atoms with Gasteiger partial charge in [-0.1, -0.05) is 42.5 Å². The fraction of sp³-hybridized carbons (Fsp3) is 0.190. The highest BCUT2D eigenvalue weighted by molar-refractivity contribution is 7.89. The van der Waals surface area contributed by atoms with Crippen LogP contribution in [0.2, 0.25) is 0 Å². The van der Waals surface area contributed by atoms with Crippen molar-refractivity contribution in [1.29, 1.82) is 0 Å². The van der Waals surface area contributed by atoms with E-state index in [1.807, 2.05) is 42.5 Å². The monoisotopic (exact) mass is 440 g/mol. The minimum atomic E-state index is -3.84. The average molecular weight is 440 g/mol. The van der Waals surface area contributed by atoms with E-state index >= 15 is 0 Å². The highest BCUT2D eigenvalue weighted by atomic mass is 32.2. The lowest BCUT2D eigenvalue weighted by molar-refractivity contribution is -0.384. The minimum Gasteiger partial charge on any atom is -0.379 e. The van der Waals surface area contributed by atoms with E-state index in [0.717, 1.165) is 22.4 Å². The summed E-state index contributed by atoms with van der Waals surface area (Å²) in [4.78, 5) is 10.8. The van der Waals surface area contributed by atoms with Gasteiger partial charge in [0, 0.05) is 24.7 Å². The van der Waals surface area contributed by atoms with Gasteiger partial charge in [0.25, 0.3) is 5.69 Å². The number of hydrogen-bond acceptors (Lipinski definition) is 7. The number of sulfonamides is 1. The van der Waals surface area contributed by atoms with Crippen molar-refractivity contribution in [1.82, 2.24) is 4.31 Å². The molecule has 10 heteroatoms. The Morgan fingerprint density at radius 2 is 1.81 bits per heavy atom. The number of rotatable bonds is 6. The maximum Gasteiger partial charge on any atom is 0.295 e. The molecule has 1 N–H and O–H groups in total. The number of hydrogen-bond donors (Lipinski definition) is 1. The first-order chi connectivity index (χ1) is 15.0. The molecule has 160 valence electrons. The largest absolute Gasteiger partial charge is 0.379 e. The molecule has 0 saturated carbocycles. The van der Waals surface area contributed by atoms with E-state index in [9.17, 15) is 18.5 Å². The Bertz CT molecular complexity index is 1250. The van der Waals surface area contributed by atoms with E-state index in [1.54, 1.807) is 6.21 Å². The van der Waals surface area contributed by atoms with Gasteiger partial charge in [-0.05, 0) is 22.9 Å². The molecule has 4 rings (SSSR count). The highest BCUT2D eigenvalue weighted by Crippen LogP contribution is 2.29. The molecule has 1 heterocycles. The summed E-state index contributed by atoms with van der Waals surface area (Å²) in [6, 6.07) is 17.3. The van der Waals surface area contributed by atoms with E-state index < -0.39 is 14.9 Å². The van der Waals surface area contributed by atoms with Crippen LogP contribution >= 0.6 is 0 Å². The molecule has 0 unspecified atom stereocenters. The molecule has 3 aromatic carbocycles. The number of ether oxygens (including phenoxy) is 1. The second-order valence-electron chi connectivity index (χ2n) is 6.89. The zero-order valence-corrected chi connectivity index (χ0v) is 17.3. The van der Waals surface area contributed by atoms with Gasteiger partial charge in [0.15, 0.2) is 0 Å². The van der Waals surface area contributed by atoms with Crippen molar-refractivity contribution in [3.8, 4) is 0 Å². The fourth-order valence-electron chi connectivity index (χ4n) is 3.39. The number of anilines is 1. The molecule has 0 aromatic heterocycles. The Morgan fingerprint density at radius 1 is 1.06 bits per heavy atom. The Labute approximate surface area is 179 Å². The van der Waals surface area contributed by atoms with Crippen LogP contribution in [-0.2, 0) is 14.8 Å². The van der Waals surface area contributed by atoms with E-state index in [-0.39, 0.29) is 29.4 Å². The van der Waals surface area contributed by atoms with Gasteiger partial charge in [-0.2, -0.15) is 9.41 Å². The lowest BCUT2D eigenvalue weighted by Crippen LogP contribution is -2.40. The Hall–Kier alpha value is -3.34. The molecule has 0 spiro atoms. The zero-order chi connectivity index (χ0) is 21.8. The zero-order valence-electron chi connectivity index (χ0n) is 16.5. The van der Waals surface area contributed by atoms with Gasteiger partial charge in [0.2, 0.25) is 10.0 Å². The Balaban J connectivity index is 1.60. The van der Waals surface area contributed by atoms with Gasteiger partial charge in [0.05, 0.1) is 29.2 Å². The van der Waals surface area contributed by atoms with Gasteiger partial charge in [-0.3, -0.25) is 15.5 Å². The average Bonchev–Trinajstić information content (AvgIpc) is 2.80. The van der Waals surface area contributed by atoms with Crippen LogP contribution in [0.4, 0.5) is 11.4 Å². The molecule has 0 amide bonds. The molecular weight excluding hydrogens is 420 g/mol. The van der Waals surface area contributed by atoms with Crippen LogP contribution in [0.5, 0.6) is 0 Å². The Morgan fingerprint density at radius 3 is 2.58 bits per heavy atom. The van der Waals surface area contributed by atoms with Gasteiger partial charge < -0.3 is 4.74 Å². The summed E-state index contributed by atoms with van der Waals surface area (Å²) in [5, 5.41) is 17.7. The van der Waals surface area contributed by atoms with Crippen LogP contribution < -0.4 is 5.43 Å². The van der Waals surface area contributed by atoms with Gasteiger partial charge in [-0.25, -0.2) is 8.42 Å². The Kier molecular flexibility index (Phi) is 5.94. The molecule has 9 nitrogen and oxygen atoms in total. The maximum atomic E-state index is 12.8. The van der Waals surface area contributed by atoms with Crippen LogP contribution in [0.25, 0.3) is 10.8 Å². The lowest BCUT2D eigenvalue weighted by Gasteiger charge is -2.26. The molecule has 0 atom stereocenters. The number of fused-ring (bicyclic) bond motifs is 1. The standard InChI is InChI=1S/C21H20N4O5S/c26-25(27)21-14-18(31(28,29)24-10-12-30-13-11-24)8-9-20(21)23-22-15-17-6-3-5-16-4-1-2-7-19(16)17/h1-9,14-15,23H,10-13H2/b22-15-.